The van der Waals surface area contributed by atoms with Gasteiger partial charge in [-0.15, -0.1) is 0 Å². The second-order valence-electron chi connectivity index (χ2n) is 4.40. The van der Waals surface area contributed by atoms with Crippen LogP contribution in [-0.2, 0) is 11.8 Å². The first-order chi connectivity index (χ1) is 8.09. The number of carbonyl (C=O) groups is 1. The van der Waals surface area contributed by atoms with E-state index in [1.54, 1.807) is 17.7 Å². The lowest BCUT2D eigenvalue weighted by Crippen LogP contribution is -2.37. The molecule has 2 heterocycles. The average molecular weight is 238 g/mol. The molecule has 1 saturated heterocycles. The van der Waals surface area contributed by atoms with Crippen LogP contribution in [-0.4, -0.2) is 46.8 Å². The molecule has 5 heteroatoms. The van der Waals surface area contributed by atoms with Crippen LogP contribution in [0.1, 0.15) is 29.0 Å². The second-order valence-corrected chi connectivity index (χ2v) is 4.40. The number of carboxylic acid groups (broad SMARTS) is 1. The van der Waals surface area contributed by atoms with Gasteiger partial charge in [0.1, 0.15) is 5.69 Å². The number of aromatic carboxylic acids is 1. The highest BCUT2D eigenvalue weighted by Gasteiger charge is 2.21. The minimum atomic E-state index is -0.882. The average Bonchev–Trinajstić information content (AvgIpc) is 2.71. The third-order valence-corrected chi connectivity index (χ3v) is 3.32. The quantitative estimate of drug-likeness (QED) is 0.857. The molecule has 5 nitrogen and oxygen atoms in total. The van der Waals surface area contributed by atoms with E-state index in [2.05, 4.69) is 11.8 Å². The van der Waals surface area contributed by atoms with E-state index in [9.17, 15) is 4.79 Å². The lowest BCUT2D eigenvalue weighted by atomic mass is 10.1. The second kappa shape index (κ2) is 4.89. The number of morpholine rings is 1. The fraction of sp³-hybridized carbons (Fsp3) is 0.583. The van der Waals surface area contributed by atoms with Crippen molar-refractivity contribution >= 4 is 5.97 Å². The van der Waals surface area contributed by atoms with Crippen LogP contribution in [0.4, 0.5) is 0 Å². The van der Waals surface area contributed by atoms with Crippen LogP contribution in [0.25, 0.3) is 0 Å². The molecule has 1 aromatic heterocycles. The molecule has 1 atom stereocenters. The molecule has 0 bridgehead atoms. The lowest BCUT2D eigenvalue weighted by Gasteiger charge is -2.31. The highest BCUT2D eigenvalue weighted by atomic mass is 16.5. The van der Waals surface area contributed by atoms with Crippen LogP contribution in [0.15, 0.2) is 12.3 Å². The van der Waals surface area contributed by atoms with Crippen LogP contribution < -0.4 is 0 Å². The van der Waals surface area contributed by atoms with Gasteiger partial charge in [-0.05, 0) is 18.6 Å². The number of ether oxygens (including phenoxy) is 1. The molecule has 1 unspecified atom stereocenters. The molecule has 0 aromatic carbocycles. The first kappa shape index (κ1) is 12.1. The molecular weight excluding hydrogens is 220 g/mol. The largest absolute Gasteiger partial charge is 0.477 e. The van der Waals surface area contributed by atoms with E-state index in [1.807, 2.05) is 6.20 Å². The molecule has 1 aliphatic rings. The Kier molecular flexibility index (Phi) is 3.49. The summed E-state index contributed by atoms with van der Waals surface area (Å²) in [6.07, 6.45) is 1.89. The number of hydrogen-bond donors (Lipinski definition) is 1. The summed E-state index contributed by atoms with van der Waals surface area (Å²) in [5, 5.41) is 9.02. The first-order valence-corrected chi connectivity index (χ1v) is 5.81. The zero-order valence-corrected chi connectivity index (χ0v) is 10.2. The van der Waals surface area contributed by atoms with Crippen molar-refractivity contribution in [1.29, 1.82) is 0 Å². The Hall–Kier alpha value is -1.33. The van der Waals surface area contributed by atoms with E-state index in [1.165, 1.54) is 0 Å². The maximum atomic E-state index is 11.0. The van der Waals surface area contributed by atoms with Gasteiger partial charge in [-0.25, -0.2) is 4.79 Å². The summed E-state index contributed by atoms with van der Waals surface area (Å²) in [5.41, 5.74) is 1.38. The molecule has 2 rings (SSSR count). The Morgan fingerprint density at radius 3 is 2.65 bits per heavy atom. The van der Waals surface area contributed by atoms with Crippen molar-refractivity contribution in [3.8, 4) is 0 Å². The van der Waals surface area contributed by atoms with Gasteiger partial charge in [-0.2, -0.15) is 0 Å². The summed E-state index contributed by atoms with van der Waals surface area (Å²) in [4.78, 5) is 13.3. The van der Waals surface area contributed by atoms with E-state index >= 15 is 0 Å². The number of hydrogen-bond acceptors (Lipinski definition) is 3. The van der Waals surface area contributed by atoms with Crippen LogP contribution in [0.2, 0.25) is 0 Å². The molecule has 0 radical (unpaired) electrons. The molecule has 94 valence electrons. The Morgan fingerprint density at radius 1 is 1.47 bits per heavy atom. The van der Waals surface area contributed by atoms with Crippen molar-refractivity contribution in [3.05, 3.63) is 23.5 Å². The molecule has 17 heavy (non-hydrogen) atoms. The molecule has 0 spiro atoms. The highest BCUT2D eigenvalue weighted by molar-refractivity contribution is 5.86. The summed E-state index contributed by atoms with van der Waals surface area (Å²) in [5.74, 6) is -0.882. The molecule has 0 aliphatic carbocycles. The van der Waals surface area contributed by atoms with Crippen molar-refractivity contribution < 1.29 is 14.6 Å². The minimum Gasteiger partial charge on any atom is -0.477 e. The highest BCUT2D eigenvalue weighted by Crippen LogP contribution is 2.22. The number of nitrogens with zero attached hydrogens (tertiary/aromatic N) is 2. The summed E-state index contributed by atoms with van der Waals surface area (Å²) < 4.78 is 6.97. The molecule has 1 aliphatic heterocycles. The summed E-state index contributed by atoms with van der Waals surface area (Å²) >= 11 is 0. The zero-order valence-electron chi connectivity index (χ0n) is 10.2. The number of rotatable bonds is 3. The van der Waals surface area contributed by atoms with Crippen molar-refractivity contribution in [2.75, 3.05) is 26.3 Å². The molecule has 1 aromatic rings. The Morgan fingerprint density at radius 2 is 2.12 bits per heavy atom. The molecule has 1 N–H and O–H groups in total. The van der Waals surface area contributed by atoms with Crippen LogP contribution >= 0.6 is 0 Å². The van der Waals surface area contributed by atoms with E-state index in [-0.39, 0.29) is 6.04 Å². The molecule has 1 fully saturated rings. The molecular formula is C12H18N2O3. The third-order valence-electron chi connectivity index (χ3n) is 3.32. The van der Waals surface area contributed by atoms with Crippen LogP contribution in [0.5, 0.6) is 0 Å². The van der Waals surface area contributed by atoms with Gasteiger partial charge in [0.2, 0.25) is 0 Å². The van der Waals surface area contributed by atoms with Crippen molar-refractivity contribution in [1.82, 2.24) is 9.47 Å². The Balaban J connectivity index is 2.15. The normalized spacial score (nSPS) is 19.2. The Labute approximate surface area is 101 Å². The first-order valence-electron chi connectivity index (χ1n) is 5.81. The third kappa shape index (κ3) is 2.50. The fourth-order valence-corrected chi connectivity index (χ4v) is 2.21. The smallest absolute Gasteiger partial charge is 0.352 e. The standard InChI is InChI=1S/C12H18N2O3/c1-9(14-3-5-17-6-4-14)10-7-11(12(15)16)13(2)8-10/h7-9H,3-6H2,1-2H3,(H,15,16). The van der Waals surface area contributed by atoms with E-state index < -0.39 is 5.97 Å². The van der Waals surface area contributed by atoms with Crippen LogP contribution in [0.3, 0.4) is 0 Å². The topological polar surface area (TPSA) is 54.7 Å². The fourth-order valence-electron chi connectivity index (χ4n) is 2.21. The predicted molar refractivity (Wildman–Crippen MR) is 63.2 cm³/mol. The monoisotopic (exact) mass is 238 g/mol. The van der Waals surface area contributed by atoms with Crippen molar-refractivity contribution in [2.24, 2.45) is 7.05 Å². The van der Waals surface area contributed by atoms with Gasteiger partial charge in [-0.3, -0.25) is 4.90 Å². The van der Waals surface area contributed by atoms with Gasteiger partial charge < -0.3 is 14.4 Å². The van der Waals surface area contributed by atoms with Crippen molar-refractivity contribution in [2.45, 2.75) is 13.0 Å². The predicted octanol–water partition coefficient (Wildman–Crippen LogP) is 1.12. The minimum absolute atomic E-state index is 0.234. The van der Waals surface area contributed by atoms with Gasteiger partial charge >= 0.3 is 5.97 Å². The zero-order chi connectivity index (χ0) is 12.4. The Bertz CT molecular complexity index is 408. The van der Waals surface area contributed by atoms with E-state index in [0.717, 1.165) is 31.9 Å². The molecule has 0 saturated carbocycles. The van der Waals surface area contributed by atoms with Gasteiger partial charge in [0.05, 0.1) is 13.2 Å². The number of aromatic nitrogens is 1. The number of aryl methyl sites for hydroxylation is 1. The van der Waals surface area contributed by atoms with Gasteiger partial charge in [0.25, 0.3) is 0 Å². The van der Waals surface area contributed by atoms with Crippen molar-refractivity contribution in [3.63, 3.8) is 0 Å². The van der Waals surface area contributed by atoms with Gasteiger partial charge in [0.15, 0.2) is 0 Å². The summed E-state index contributed by atoms with van der Waals surface area (Å²) in [6.45, 7) is 5.41. The number of carboxylic acids is 1. The maximum absolute atomic E-state index is 11.0. The van der Waals surface area contributed by atoms with Crippen LogP contribution in [0, 0.1) is 0 Å². The summed E-state index contributed by atoms with van der Waals surface area (Å²) in [6, 6.07) is 1.99. The van der Waals surface area contributed by atoms with Gasteiger partial charge in [0, 0.05) is 32.4 Å². The van der Waals surface area contributed by atoms with E-state index in [4.69, 9.17) is 9.84 Å². The lowest BCUT2D eigenvalue weighted by molar-refractivity contribution is 0.0198. The van der Waals surface area contributed by atoms with Gasteiger partial charge in [-0.1, -0.05) is 0 Å². The molecule has 0 amide bonds. The SMILES string of the molecule is CC(c1cc(C(=O)O)n(C)c1)N1CCOCC1. The summed E-state index contributed by atoms with van der Waals surface area (Å²) in [7, 11) is 1.76. The maximum Gasteiger partial charge on any atom is 0.352 e. The van der Waals surface area contributed by atoms with E-state index in [0.29, 0.717) is 5.69 Å².